The zero-order valence-electron chi connectivity index (χ0n) is 16.8. The molecule has 5 heteroatoms. The molecule has 2 aliphatic rings. The van der Waals surface area contributed by atoms with Gasteiger partial charge in [-0.3, -0.25) is 4.79 Å². The third kappa shape index (κ3) is 4.13. The van der Waals surface area contributed by atoms with E-state index in [4.69, 9.17) is 4.98 Å². The smallest absolute Gasteiger partial charge is 0.223 e. The quantitative estimate of drug-likeness (QED) is 0.823. The molecule has 2 heterocycles. The summed E-state index contributed by atoms with van der Waals surface area (Å²) in [6.07, 6.45) is 6.66. The van der Waals surface area contributed by atoms with Crippen molar-refractivity contribution in [2.24, 2.45) is 11.8 Å². The third-order valence-corrected chi connectivity index (χ3v) is 7.38. The number of fused-ring (bicyclic) bond motifs is 1. The number of carbonyl (C=O) groups excluding carboxylic acids is 1. The number of amides is 1. The van der Waals surface area contributed by atoms with Gasteiger partial charge in [0.2, 0.25) is 5.91 Å². The van der Waals surface area contributed by atoms with Crippen LogP contribution in [0.25, 0.3) is 10.2 Å². The average Bonchev–Trinajstić information content (AvgIpc) is 3.08. The molecule has 1 aliphatic carbocycles. The number of hydrogen-bond donors (Lipinski definition) is 1. The minimum atomic E-state index is 0.166. The molecule has 1 N–H and O–H groups in total. The Labute approximate surface area is 166 Å². The number of nitrogens with zero attached hydrogens (tertiary/aromatic N) is 2. The van der Waals surface area contributed by atoms with Crippen molar-refractivity contribution in [3.8, 4) is 0 Å². The van der Waals surface area contributed by atoms with E-state index in [-0.39, 0.29) is 11.8 Å². The van der Waals surface area contributed by atoms with Crippen LogP contribution in [-0.2, 0) is 4.79 Å². The summed E-state index contributed by atoms with van der Waals surface area (Å²) < 4.78 is 1.27. The Bertz CT molecular complexity index is 814. The molecule has 0 spiro atoms. The molecular weight excluding hydrogens is 354 g/mol. The molecular formula is C22H31N3OS. The van der Waals surface area contributed by atoms with E-state index in [1.165, 1.54) is 28.7 Å². The maximum atomic E-state index is 12.7. The fraction of sp³-hybridized carbons (Fsp3) is 0.636. The van der Waals surface area contributed by atoms with E-state index >= 15 is 0 Å². The van der Waals surface area contributed by atoms with Crippen LogP contribution < -0.4 is 10.2 Å². The molecule has 0 unspecified atom stereocenters. The second kappa shape index (κ2) is 7.78. The van der Waals surface area contributed by atoms with Crippen molar-refractivity contribution in [1.82, 2.24) is 10.3 Å². The van der Waals surface area contributed by atoms with Gasteiger partial charge in [-0.2, -0.15) is 0 Å². The molecule has 146 valence electrons. The van der Waals surface area contributed by atoms with Gasteiger partial charge in [0.25, 0.3) is 0 Å². The van der Waals surface area contributed by atoms with Crippen molar-refractivity contribution in [2.45, 2.75) is 65.3 Å². The van der Waals surface area contributed by atoms with Gasteiger partial charge < -0.3 is 10.2 Å². The molecule has 1 amide bonds. The Hall–Kier alpha value is -1.62. The molecule has 1 aliphatic heterocycles. The first-order chi connectivity index (χ1) is 13.0. The van der Waals surface area contributed by atoms with Crippen LogP contribution in [-0.4, -0.2) is 30.0 Å². The summed E-state index contributed by atoms with van der Waals surface area (Å²) in [5.41, 5.74) is 3.68. The molecule has 4 rings (SSSR count). The van der Waals surface area contributed by atoms with Crippen molar-refractivity contribution in [2.75, 3.05) is 18.0 Å². The highest BCUT2D eigenvalue weighted by molar-refractivity contribution is 7.22. The minimum Gasteiger partial charge on any atom is -0.353 e. The lowest BCUT2D eigenvalue weighted by atomic mass is 9.86. The van der Waals surface area contributed by atoms with Crippen LogP contribution in [0.5, 0.6) is 0 Å². The van der Waals surface area contributed by atoms with Crippen LogP contribution in [0.15, 0.2) is 12.1 Å². The zero-order valence-corrected chi connectivity index (χ0v) is 17.6. The Balaban J connectivity index is 1.35. The highest BCUT2D eigenvalue weighted by atomic mass is 32.1. The van der Waals surface area contributed by atoms with Crippen LogP contribution >= 0.6 is 11.3 Å². The Morgan fingerprint density at radius 3 is 2.52 bits per heavy atom. The lowest BCUT2D eigenvalue weighted by molar-refractivity contribution is -0.126. The van der Waals surface area contributed by atoms with E-state index in [9.17, 15) is 4.79 Å². The number of benzene rings is 1. The van der Waals surface area contributed by atoms with Gasteiger partial charge >= 0.3 is 0 Å². The van der Waals surface area contributed by atoms with Gasteiger partial charge in [-0.05, 0) is 75.5 Å². The summed E-state index contributed by atoms with van der Waals surface area (Å²) in [4.78, 5) is 19.9. The predicted octanol–water partition coefficient (Wildman–Crippen LogP) is 4.82. The first kappa shape index (κ1) is 18.7. The molecule has 0 atom stereocenters. The molecule has 0 radical (unpaired) electrons. The standard InChI is InChI=1S/C22H31N3OS/c1-14-4-6-18(7-5-14)23-21(26)17-8-10-25(11-9-17)22-24-20-16(3)12-15(2)13-19(20)27-22/h12-14,17-18H,4-11H2,1-3H3,(H,23,26). The van der Waals surface area contributed by atoms with Crippen molar-refractivity contribution in [1.29, 1.82) is 0 Å². The SMILES string of the molecule is Cc1cc(C)c2nc(N3CCC(C(=O)NC4CCC(C)CC4)CC3)sc2c1. The fourth-order valence-electron chi connectivity index (χ4n) is 4.55. The maximum Gasteiger partial charge on any atom is 0.223 e. The molecule has 0 bridgehead atoms. The van der Waals surface area contributed by atoms with E-state index in [2.05, 4.69) is 43.1 Å². The highest BCUT2D eigenvalue weighted by Gasteiger charge is 2.28. The van der Waals surface area contributed by atoms with E-state index in [0.29, 0.717) is 6.04 Å². The predicted molar refractivity (Wildman–Crippen MR) is 114 cm³/mol. The normalized spacial score (nSPS) is 24.3. The number of rotatable bonds is 3. The Morgan fingerprint density at radius 2 is 1.81 bits per heavy atom. The lowest BCUT2D eigenvalue weighted by Crippen LogP contribution is -2.44. The van der Waals surface area contributed by atoms with Gasteiger partial charge in [0.05, 0.1) is 10.2 Å². The monoisotopic (exact) mass is 385 g/mol. The molecule has 2 aromatic rings. The molecule has 2 fully saturated rings. The van der Waals surface area contributed by atoms with E-state index < -0.39 is 0 Å². The minimum absolute atomic E-state index is 0.166. The van der Waals surface area contributed by atoms with E-state index in [0.717, 1.165) is 55.3 Å². The number of nitrogens with one attached hydrogen (secondary N) is 1. The number of aryl methyl sites for hydroxylation is 2. The second-order valence-corrected chi connectivity index (χ2v) is 9.66. The molecule has 1 saturated heterocycles. The second-order valence-electron chi connectivity index (χ2n) is 8.65. The van der Waals surface area contributed by atoms with Crippen LogP contribution in [0, 0.1) is 25.7 Å². The van der Waals surface area contributed by atoms with Gasteiger partial charge in [-0.15, -0.1) is 0 Å². The Morgan fingerprint density at radius 1 is 1.11 bits per heavy atom. The van der Waals surface area contributed by atoms with Crippen molar-refractivity contribution in [3.05, 3.63) is 23.3 Å². The van der Waals surface area contributed by atoms with Crippen LogP contribution in [0.2, 0.25) is 0 Å². The topological polar surface area (TPSA) is 45.2 Å². The van der Waals surface area contributed by atoms with Crippen LogP contribution in [0.3, 0.4) is 0 Å². The summed E-state index contributed by atoms with van der Waals surface area (Å²) in [5, 5.41) is 4.44. The van der Waals surface area contributed by atoms with Crippen molar-refractivity contribution < 1.29 is 4.79 Å². The van der Waals surface area contributed by atoms with Gasteiger partial charge in [0, 0.05) is 25.0 Å². The van der Waals surface area contributed by atoms with Crippen molar-refractivity contribution in [3.63, 3.8) is 0 Å². The number of hydrogen-bond acceptors (Lipinski definition) is 4. The molecule has 4 nitrogen and oxygen atoms in total. The number of piperidine rings is 1. The maximum absolute atomic E-state index is 12.7. The summed E-state index contributed by atoms with van der Waals surface area (Å²) in [5.74, 6) is 1.27. The highest BCUT2D eigenvalue weighted by Crippen LogP contribution is 2.34. The number of carbonyl (C=O) groups is 1. The summed E-state index contributed by atoms with van der Waals surface area (Å²) in [6, 6.07) is 4.84. The Kier molecular flexibility index (Phi) is 5.40. The van der Waals surface area contributed by atoms with E-state index in [1.807, 2.05) is 0 Å². The lowest BCUT2D eigenvalue weighted by Gasteiger charge is -2.33. The van der Waals surface area contributed by atoms with Crippen LogP contribution in [0.4, 0.5) is 5.13 Å². The summed E-state index contributed by atoms with van der Waals surface area (Å²) >= 11 is 1.78. The largest absolute Gasteiger partial charge is 0.353 e. The van der Waals surface area contributed by atoms with Gasteiger partial charge in [0.15, 0.2) is 5.13 Å². The first-order valence-corrected chi connectivity index (χ1v) is 11.2. The first-order valence-electron chi connectivity index (χ1n) is 10.4. The average molecular weight is 386 g/mol. The molecule has 1 saturated carbocycles. The van der Waals surface area contributed by atoms with Gasteiger partial charge in [-0.25, -0.2) is 4.98 Å². The number of thiazole rings is 1. The number of aromatic nitrogens is 1. The number of anilines is 1. The zero-order chi connectivity index (χ0) is 19.0. The molecule has 27 heavy (non-hydrogen) atoms. The van der Waals surface area contributed by atoms with Crippen molar-refractivity contribution >= 4 is 32.6 Å². The van der Waals surface area contributed by atoms with Gasteiger partial charge in [0.1, 0.15) is 0 Å². The van der Waals surface area contributed by atoms with Gasteiger partial charge in [-0.1, -0.05) is 24.3 Å². The summed E-state index contributed by atoms with van der Waals surface area (Å²) in [7, 11) is 0. The van der Waals surface area contributed by atoms with E-state index in [1.54, 1.807) is 11.3 Å². The third-order valence-electron chi connectivity index (χ3n) is 6.32. The summed E-state index contributed by atoms with van der Waals surface area (Å²) in [6.45, 7) is 8.46. The van der Waals surface area contributed by atoms with Crippen LogP contribution in [0.1, 0.15) is 56.6 Å². The molecule has 1 aromatic heterocycles. The fourth-order valence-corrected chi connectivity index (χ4v) is 5.74. The molecule has 1 aromatic carbocycles.